The summed E-state index contributed by atoms with van der Waals surface area (Å²) in [5.41, 5.74) is 0.916. The lowest BCUT2D eigenvalue weighted by atomic mass is 10.0. The van der Waals surface area contributed by atoms with E-state index in [0.717, 1.165) is 5.56 Å². The van der Waals surface area contributed by atoms with Crippen LogP contribution < -0.4 is 15.4 Å². The molecule has 0 spiro atoms. The van der Waals surface area contributed by atoms with Gasteiger partial charge in [-0.2, -0.15) is 0 Å². The van der Waals surface area contributed by atoms with E-state index in [4.69, 9.17) is 27.9 Å². The van der Waals surface area contributed by atoms with Gasteiger partial charge in [0.25, 0.3) is 0 Å². The van der Waals surface area contributed by atoms with E-state index in [0.29, 0.717) is 15.8 Å². The number of amides is 2. The maximum absolute atomic E-state index is 12.6. The van der Waals surface area contributed by atoms with Crippen molar-refractivity contribution in [2.45, 2.75) is 32.9 Å². The van der Waals surface area contributed by atoms with Crippen LogP contribution >= 0.6 is 23.2 Å². The molecule has 0 radical (unpaired) electrons. The van der Waals surface area contributed by atoms with Crippen LogP contribution in [0.5, 0.6) is 5.75 Å². The molecule has 0 aromatic heterocycles. The number of carbonyl (C=O) groups excluding carboxylic acids is 2. The van der Waals surface area contributed by atoms with Crippen LogP contribution in [0.25, 0.3) is 0 Å². The Bertz CT molecular complexity index is 777. The number of hydrogen-bond donors (Lipinski definition) is 2. The number of carbonyl (C=O) groups is 2. The smallest absolute Gasteiger partial charge is 0.410 e. The minimum absolute atomic E-state index is 0.125. The van der Waals surface area contributed by atoms with Crippen molar-refractivity contribution in [1.82, 2.24) is 10.6 Å². The number of rotatable bonds is 6. The minimum atomic E-state index is -0.737. The molecule has 2 atom stereocenters. The highest BCUT2D eigenvalue weighted by Gasteiger charge is 2.26. The first-order valence-electron chi connectivity index (χ1n) is 8.56. The van der Waals surface area contributed by atoms with E-state index in [9.17, 15) is 9.59 Å². The van der Waals surface area contributed by atoms with E-state index in [1.165, 1.54) is 0 Å². The molecule has 0 saturated heterocycles. The lowest BCUT2D eigenvalue weighted by Crippen LogP contribution is -2.50. The lowest BCUT2D eigenvalue weighted by molar-refractivity contribution is -0.124. The highest BCUT2D eigenvalue weighted by atomic mass is 35.5. The van der Waals surface area contributed by atoms with Crippen LogP contribution in [0.15, 0.2) is 48.5 Å². The van der Waals surface area contributed by atoms with Crippen LogP contribution in [0, 0.1) is 5.92 Å². The Hall–Kier alpha value is -2.24. The average molecular weight is 409 g/mol. The first-order valence-corrected chi connectivity index (χ1v) is 9.31. The van der Waals surface area contributed by atoms with Gasteiger partial charge in [-0.3, -0.25) is 4.79 Å². The van der Waals surface area contributed by atoms with Crippen LogP contribution in [-0.2, 0) is 4.79 Å². The number of benzene rings is 2. The Kier molecular flexibility index (Phi) is 7.51. The van der Waals surface area contributed by atoms with Crippen molar-refractivity contribution in [3.8, 4) is 5.75 Å². The highest BCUT2D eigenvalue weighted by molar-refractivity contribution is 6.30. The predicted octanol–water partition coefficient (Wildman–Crippen LogP) is 4.98. The van der Waals surface area contributed by atoms with Crippen molar-refractivity contribution in [2.75, 3.05) is 0 Å². The Morgan fingerprint density at radius 3 is 1.89 bits per heavy atom. The van der Waals surface area contributed by atoms with Gasteiger partial charge < -0.3 is 15.4 Å². The van der Waals surface area contributed by atoms with Crippen molar-refractivity contribution < 1.29 is 14.3 Å². The summed E-state index contributed by atoms with van der Waals surface area (Å²) >= 11 is 11.7. The molecule has 2 N–H and O–H groups in total. The molecule has 1 unspecified atom stereocenters. The van der Waals surface area contributed by atoms with Gasteiger partial charge in [0, 0.05) is 10.0 Å². The number of nitrogens with one attached hydrogen (secondary N) is 2. The number of ether oxygens (including phenoxy) is 1. The Balaban J connectivity index is 1.98. The monoisotopic (exact) mass is 408 g/mol. The first kappa shape index (κ1) is 21.1. The van der Waals surface area contributed by atoms with Gasteiger partial charge in [0.05, 0.1) is 6.04 Å². The van der Waals surface area contributed by atoms with Crippen molar-refractivity contribution in [1.29, 1.82) is 0 Å². The average Bonchev–Trinajstić information content (AvgIpc) is 2.61. The SMILES string of the molecule is CC(NC(=O)[C@@H](NC(=O)Oc1ccc(Cl)cc1)C(C)C)c1ccc(Cl)cc1. The van der Waals surface area contributed by atoms with Crippen molar-refractivity contribution in [3.63, 3.8) is 0 Å². The fraction of sp³-hybridized carbons (Fsp3) is 0.300. The number of hydrogen-bond acceptors (Lipinski definition) is 3. The molecule has 0 heterocycles. The molecule has 2 rings (SSSR count). The van der Waals surface area contributed by atoms with Gasteiger partial charge in [0.15, 0.2) is 0 Å². The largest absolute Gasteiger partial charge is 0.413 e. The zero-order valence-corrected chi connectivity index (χ0v) is 16.8. The quantitative estimate of drug-likeness (QED) is 0.707. The topological polar surface area (TPSA) is 67.4 Å². The van der Waals surface area contributed by atoms with Gasteiger partial charge >= 0.3 is 6.09 Å². The molecule has 2 amide bonds. The van der Waals surface area contributed by atoms with E-state index in [-0.39, 0.29) is 17.9 Å². The third kappa shape index (κ3) is 6.45. The molecule has 5 nitrogen and oxygen atoms in total. The van der Waals surface area contributed by atoms with Gasteiger partial charge in [0.1, 0.15) is 11.8 Å². The van der Waals surface area contributed by atoms with Gasteiger partial charge in [0.2, 0.25) is 5.91 Å². The molecule has 0 bridgehead atoms. The molecule has 0 aliphatic heterocycles. The normalized spacial score (nSPS) is 13.0. The fourth-order valence-electron chi connectivity index (χ4n) is 2.44. The van der Waals surface area contributed by atoms with E-state index in [1.54, 1.807) is 36.4 Å². The molecule has 2 aromatic carbocycles. The van der Waals surface area contributed by atoms with Gasteiger partial charge in [-0.05, 0) is 54.8 Å². The van der Waals surface area contributed by atoms with Crippen LogP contribution in [0.2, 0.25) is 10.0 Å². The van der Waals surface area contributed by atoms with Crippen molar-refractivity contribution in [3.05, 3.63) is 64.1 Å². The summed E-state index contributed by atoms with van der Waals surface area (Å²) in [6, 6.07) is 12.6. The first-order chi connectivity index (χ1) is 12.8. The Morgan fingerprint density at radius 2 is 1.37 bits per heavy atom. The second kappa shape index (κ2) is 9.62. The van der Waals surface area contributed by atoms with Crippen LogP contribution in [0.3, 0.4) is 0 Å². The van der Waals surface area contributed by atoms with Crippen LogP contribution in [0.1, 0.15) is 32.4 Å². The van der Waals surface area contributed by atoms with E-state index in [2.05, 4.69) is 10.6 Å². The van der Waals surface area contributed by atoms with Gasteiger partial charge in [-0.15, -0.1) is 0 Å². The summed E-state index contributed by atoms with van der Waals surface area (Å²) in [5.74, 6) is -0.0740. The maximum Gasteiger partial charge on any atom is 0.413 e. The molecule has 7 heteroatoms. The molecule has 2 aromatic rings. The third-order valence-electron chi connectivity index (χ3n) is 3.98. The maximum atomic E-state index is 12.6. The Morgan fingerprint density at radius 1 is 0.852 bits per heavy atom. The zero-order valence-electron chi connectivity index (χ0n) is 15.3. The highest BCUT2D eigenvalue weighted by Crippen LogP contribution is 2.18. The zero-order chi connectivity index (χ0) is 20.0. The molecule has 0 saturated carbocycles. The summed E-state index contributed by atoms with van der Waals surface area (Å²) < 4.78 is 5.20. The molecule has 144 valence electrons. The van der Waals surface area contributed by atoms with E-state index < -0.39 is 12.1 Å². The van der Waals surface area contributed by atoms with Crippen molar-refractivity contribution in [2.24, 2.45) is 5.92 Å². The van der Waals surface area contributed by atoms with Gasteiger partial charge in [-0.1, -0.05) is 49.2 Å². The van der Waals surface area contributed by atoms with E-state index >= 15 is 0 Å². The molecule has 0 fully saturated rings. The fourth-order valence-corrected chi connectivity index (χ4v) is 2.69. The third-order valence-corrected chi connectivity index (χ3v) is 4.48. The lowest BCUT2D eigenvalue weighted by Gasteiger charge is -2.24. The Labute approximate surface area is 169 Å². The predicted molar refractivity (Wildman–Crippen MR) is 107 cm³/mol. The van der Waals surface area contributed by atoms with E-state index in [1.807, 2.05) is 32.9 Å². The summed E-state index contributed by atoms with van der Waals surface area (Å²) in [5, 5.41) is 6.69. The summed E-state index contributed by atoms with van der Waals surface area (Å²) in [7, 11) is 0. The summed E-state index contributed by atoms with van der Waals surface area (Å²) in [6.45, 7) is 5.56. The van der Waals surface area contributed by atoms with Gasteiger partial charge in [-0.25, -0.2) is 4.79 Å². The molecule has 27 heavy (non-hydrogen) atoms. The minimum Gasteiger partial charge on any atom is -0.410 e. The second-order valence-corrected chi connectivity index (χ2v) is 7.36. The van der Waals surface area contributed by atoms with Crippen LogP contribution in [-0.4, -0.2) is 18.0 Å². The standard InChI is InChI=1S/C20H22Cl2N2O3/c1-12(2)18(24-20(26)27-17-10-8-16(22)9-11-17)19(25)23-13(3)14-4-6-15(21)7-5-14/h4-13,18H,1-3H3,(H,23,25)(H,24,26)/t13?,18-/m0/s1. The second-order valence-electron chi connectivity index (χ2n) is 6.49. The van der Waals surface area contributed by atoms with Crippen molar-refractivity contribution >= 4 is 35.2 Å². The molecular weight excluding hydrogens is 387 g/mol. The molecule has 0 aliphatic carbocycles. The number of halogens is 2. The summed E-state index contributed by atoms with van der Waals surface area (Å²) in [6.07, 6.45) is -0.703. The molecular formula is C20H22Cl2N2O3. The summed E-state index contributed by atoms with van der Waals surface area (Å²) in [4.78, 5) is 24.8. The van der Waals surface area contributed by atoms with Crippen LogP contribution in [0.4, 0.5) is 4.79 Å². The molecule has 0 aliphatic rings.